The Hall–Kier alpha value is -2.86. The minimum Gasteiger partial charge on any atom is -0.506 e. The van der Waals surface area contributed by atoms with E-state index < -0.39 is 0 Å². The van der Waals surface area contributed by atoms with Gasteiger partial charge in [-0.1, -0.05) is 42.5 Å². The molecule has 0 aliphatic carbocycles. The monoisotopic (exact) mass is 407 g/mol. The fraction of sp³-hybridized carbons (Fsp3) is 0.417. The third-order valence-electron chi connectivity index (χ3n) is 6.16. The zero-order valence-corrected chi connectivity index (χ0v) is 17.2. The number of rotatable bonds is 6. The van der Waals surface area contributed by atoms with Crippen molar-refractivity contribution in [3.05, 3.63) is 60.2 Å². The molecule has 1 atom stereocenters. The van der Waals surface area contributed by atoms with Crippen molar-refractivity contribution in [3.8, 4) is 5.75 Å². The van der Waals surface area contributed by atoms with E-state index in [0.717, 1.165) is 50.4 Å². The highest BCUT2D eigenvalue weighted by Crippen LogP contribution is 2.29. The Kier molecular flexibility index (Phi) is 6.33. The van der Waals surface area contributed by atoms with Crippen molar-refractivity contribution in [2.75, 3.05) is 44.2 Å². The fourth-order valence-corrected chi connectivity index (χ4v) is 4.46. The second-order valence-corrected chi connectivity index (χ2v) is 8.06. The number of phenolic OH excluding ortho intramolecular Hbond substituents is 1. The summed E-state index contributed by atoms with van der Waals surface area (Å²) >= 11 is 0. The van der Waals surface area contributed by atoms with E-state index in [1.165, 1.54) is 4.90 Å². The third kappa shape index (κ3) is 4.49. The molecule has 0 bridgehead atoms. The minimum atomic E-state index is -0.203. The molecule has 30 heavy (non-hydrogen) atoms. The van der Waals surface area contributed by atoms with Gasteiger partial charge in [-0.2, -0.15) is 0 Å². The minimum absolute atomic E-state index is 0.0449. The van der Waals surface area contributed by atoms with Crippen LogP contribution in [0.3, 0.4) is 0 Å². The summed E-state index contributed by atoms with van der Waals surface area (Å²) in [6.07, 6.45) is 1.83. The predicted molar refractivity (Wildman–Crippen MR) is 117 cm³/mol. The summed E-state index contributed by atoms with van der Waals surface area (Å²) < 4.78 is 0. The summed E-state index contributed by atoms with van der Waals surface area (Å²) in [6.45, 7) is 4.87. The van der Waals surface area contributed by atoms with Crippen molar-refractivity contribution in [1.29, 1.82) is 0 Å². The van der Waals surface area contributed by atoms with Gasteiger partial charge in [0.15, 0.2) is 0 Å². The van der Waals surface area contributed by atoms with Crippen molar-refractivity contribution in [3.63, 3.8) is 0 Å². The molecule has 2 aliphatic heterocycles. The molecule has 2 saturated heterocycles. The average molecular weight is 408 g/mol. The molecule has 158 valence electrons. The normalized spacial score (nSPS) is 20.6. The van der Waals surface area contributed by atoms with Crippen LogP contribution >= 0.6 is 0 Å². The van der Waals surface area contributed by atoms with E-state index in [1.54, 1.807) is 6.07 Å². The smallest absolute Gasteiger partial charge is 0.236 e. The molecule has 1 N–H and O–H groups in total. The van der Waals surface area contributed by atoms with Crippen LogP contribution in [-0.2, 0) is 9.59 Å². The maximum absolute atomic E-state index is 12.9. The van der Waals surface area contributed by atoms with Crippen LogP contribution in [0.5, 0.6) is 5.75 Å². The molecule has 2 aliphatic rings. The highest BCUT2D eigenvalue weighted by atomic mass is 16.3. The Labute approximate surface area is 177 Å². The zero-order valence-electron chi connectivity index (χ0n) is 17.2. The molecule has 4 rings (SSSR count). The average Bonchev–Trinajstić information content (AvgIpc) is 2.77. The van der Waals surface area contributed by atoms with E-state index in [0.29, 0.717) is 25.1 Å². The summed E-state index contributed by atoms with van der Waals surface area (Å²) in [5, 5.41) is 10.0. The highest BCUT2D eigenvalue weighted by Gasteiger charge is 2.34. The second kappa shape index (κ2) is 9.30. The number of amides is 2. The molecular formula is C24H29N3O3. The number of benzene rings is 2. The van der Waals surface area contributed by atoms with Gasteiger partial charge in [0.05, 0.1) is 11.6 Å². The van der Waals surface area contributed by atoms with Crippen LogP contribution in [0.15, 0.2) is 54.6 Å². The van der Waals surface area contributed by atoms with Crippen LogP contribution in [0.2, 0.25) is 0 Å². The number of imide groups is 1. The number of carbonyl (C=O) groups excluding carboxylic acids is 2. The van der Waals surface area contributed by atoms with E-state index in [4.69, 9.17) is 0 Å². The first-order chi connectivity index (χ1) is 14.6. The van der Waals surface area contributed by atoms with E-state index in [1.807, 2.05) is 48.5 Å². The first-order valence-electron chi connectivity index (χ1n) is 10.8. The van der Waals surface area contributed by atoms with E-state index in [9.17, 15) is 14.7 Å². The second-order valence-electron chi connectivity index (χ2n) is 8.06. The Bertz CT molecular complexity index is 878. The standard InChI is InChI=1S/C24H29N3O3/c28-22-10-5-4-9-21(22)26-17-15-25(16-18-26)13-6-14-27-23(29)12-11-20(24(27)30)19-7-2-1-3-8-19/h1-5,7-10,20,28H,6,11-18H2. The molecule has 2 heterocycles. The summed E-state index contributed by atoms with van der Waals surface area (Å²) in [5.74, 6) is 0.0189. The van der Waals surface area contributed by atoms with Crippen molar-refractivity contribution < 1.29 is 14.7 Å². The molecule has 0 spiro atoms. The van der Waals surface area contributed by atoms with Crippen molar-refractivity contribution >= 4 is 17.5 Å². The Morgan fingerprint density at radius 1 is 0.867 bits per heavy atom. The van der Waals surface area contributed by atoms with Crippen LogP contribution in [0.25, 0.3) is 0 Å². The summed E-state index contributed by atoms with van der Waals surface area (Å²) in [6, 6.07) is 17.2. The lowest BCUT2D eigenvalue weighted by molar-refractivity contribution is -0.149. The first kappa shape index (κ1) is 20.4. The van der Waals surface area contributed by atoms with Gasteiger partial charge in [-0.3, -0.25) is 19.4 Å². The molecule has 2 amide bonds. The number of likely N-dealkylation sites (tertiary alicyclic amines) is 1. The van der Waals surface area contributed by atoms with Crippen LogP contribution < -0.4 is 4.90 Å². The number of anilines is 1. The number of piperazine rings is 1. The number of para-hydroxylation sites is 2. The number of hydrogen-bond donors (Lipinski definition) is 1. The maximum atomic E-state index is 12.9. The number of hydrogen-bond acceptors (Lipinski definition) is 5. The van der Waals surface area contributed by atoms with E-state index in [-0.39, 0.29) is 17.7 Å². The predicted octanol–water partition coefficient (Wildman–Crippen LogP) is 2.84. The fourth-order valence-electron chi connectivity index (χ4n) is 4.46. The number of aromatic hydroxyl groups is 1. The quantitative estimate of drug-likeness (QED) is 0.746. The lowest BCUT2D eigenvalue weighted by atomic mass is 9.89. The summed E-state index contributed by atoms with van der Waals surface area (Å²) in [5.41, 5.74) is 1.88. The Morgan fingerprint density at radius 2 is 1.57 bits per heavy atom. The molecular weight excluding hydrogens is 378 g/mol. The van der Waals surface area contributed by atoms with E-state index >= 15 is 0 Å². The molecule has 2 aromatic carbocycles. The van der Waals surface area contributed by atoms with Crippen LogP contribution in [-0.4, -0.2) is 66.0 Å². The zero-order chi connectivity index (χ0) is 20.9. The number of nitrogens with zero attached hydrogens (tertiary/aromatic N) is 3. The molecule has 2 fully saturated rings. The summed E-state index contributed by atoms with van der Waals surface area (Å²) in [4.78, 5) is 31.3. The van der Waals surface area contributed by atoms with Gasteiger partial charge in [0.1, 0.15) is 5.75 Å². The topological polar surface area (TPSA) is 64.1 Å². The van der Waals surface area contributed by atoms with Crippen molar-refractivity contribution in [2.45, 2.75) is 25.2 Å². The lowest BCUT2D eigenvalue weighted by Gasteiger charge is -2.37. The molecule has 1 unspecified atom stereocenters. The largest absolute Gasteiger partial charge is 0.506 e. The van der Waals surface area contributed by atoms with Gasteiger partial charge >= 0.3 is 0 Å². The third-order valence-corrected chi connectivity index (χ3v) is 6.16. The molecule has 0 radical (unpaired) electrons. The number of piperidine rings is 1. The summed E-state index contributed by atoms with van der Waals surface area (Å²) in [7, 11) is 0. The SMILES string of the molecule is O=C1CCC(c2ccccc2)C(=O)N1CCCN1CCN(c2ccccc2O)CC1. The maximum Gasteiger partial charge on any atom is 0.236 e. The van der Waals surface area contributed by atoms with Crippen LogP contribution in [0.1, 0.15) is 30.7 Å². The lowest BCUT2D eigenvalue weighted by Crippen LogP contribution is -2.48. The number of phenols is 1. The molecule has 6 nitrogen and oxygen atoms in total. The number of carbonyl (C=O) groups is 2. The Balaban J connectivity index is 1.26. The molecule has 0 aromatic heterocycles. The van der Waals surface area contributed by atoms with E-state index in [2.05, 4.69) is 9.80 Å². The molecule has 6 heteroatoms. The van der Waals surface area contributed by atoms with Gasteiger partial charge in [-0.25, -0.2) is 0 Å². The van der Waals surface area contributed by atoms with Gasteiger partial charge in [-0.05, 0) is 37.1 Å². The van der Waals surface area contributed by atoms with Gasteiger partial charge < -0.3 is 10.0 Å². The molecule has 2 aromatic rings. The van der Waals surface area contributed by atoms with Gasteiger partial charge in [0.2, 0.25) is 11.8 Å². The van der Waals surface area contributed by atoms with Crippen molar-refractivity contribution in [1.82, 2.24) is 9.80 Å². The first-order valence-corrected chi connectivity index (χ1v) is 10.8. The molecule has 0 saturated carbocycles. The van der Waals surface area contributed by atoms with Gasteiger partial charge in [0, 0.05) is 39.1 Å². The van der Waals surface area contributed by atoms with Crippen LogP contribution in [0.4, 0.5) is 5.69 Å². The van der Waals surface area contributed by atoms with Crippen LogP contribution in [0, 0.1) is 0 Å². The Morgan fingerprint density at radius 3 is 2.30 bits per heavy atom. The van der Waals surface area contributed by atoms with Gasteiger partial charge in [-0.15, -0.1) is 0 Å². The van der Waals surface area contributed by atoms with Crippen molar-refractivity contribution in [2.24, 2.45) is 0 Å². The highest BCUT2D eigenvalue weighted by molar-refractivity contribution is 6.01. The van der Waals surface area contributed by atoms with Gasteiger partial charge in [0.25, 0.3) is 0 Å².